The van der Waals surface area contributed by atoms with Gasteiger partial charge in [0.15, 0.2) is 0 Å². The summed E-state index contributed by atoms with van der Waals surface area (Å²) < 4.78 is 8.75. The molecule has 6 aromatic rings. The van der Waals surface area contributed by atoms with Gasteiger partial charge in [0.2, 0.25) is 0 Å². The monoisotopic (exact) mass is 584 g/mol. The highest BCUT2D eigenvalue weighted by Crippen LogP contribution is 2.36. The zero-order valence-electron chi connectivity index (χ0n) is 24.3. The first kappa shape index (κ1) is 28.2. The van der Waals surface area contributed by atoms with Crippen LogP contribution in [0.2, 0.25) is 0 Å². The Morgan fingerprint density at radius 2 is 1.74 bits per heavy atom. The van der Waals surface area contributed by atoms with Crippen molar-refractivity contribution in [2.75, 3.05) is 12.4 Å². The van der Waals surface area contributed by atoms with Crippen molar-refractivity contribution >= 4 is 61.0 Å². The van der Waals surface area contributed by atoms with Crippen molar-refractivity contribution in [3.05, 3.63) is 96.1 Å². The number of carbonyl (C=O) groups excluding carboxylic acids is 1. The molecule has 0 atom stereocenters. The van der Waals surface area contributed by atoms with Gasteiger partial charge in [-0.1, -0.05) is 44.4 Å². The number of hydrogen-bond donors (Lipinski definition) is 1. The molecule has 0 saturated carbocycles. The molecule has 0 aliphatic rings. The van der Waals surface area contributed by atoms with E-state index < -0.39 is 5.91 Å². The fourth-order valence-electron chi connectivity index (χ4n) is 5.47. The number of thiazole rings is 1. The standard InChI is InChI=1S/C36H32N4O2S/c1-3-4-5-8-19-40-32-17-11-24(20-26(23-37)35(41)38-27-13-15-28(42-2)16-14-27)21-29(32)30-22-25(12-18-33(30)40)36-39-31-9-6-7-10-34(31)43-36/h6-7,9-18,20-22H,3-5,8,19H2,1-2H3,(H,38,41). The van der Waals surface area contributed by atoms with Crippen molar-refractivity contribution in [2.45, 2.75) is 39.2 Å². The van der Waals surface area contributed by atoms with E-state index in [4.69, 9.17) is 9.72 Å². The number of amides is 1. The molecule has 0 saturated heterocycles. The molecule has 2 heterocycles. The average molecular weight is 585 g/mol. The quantitative estimate of drug-likeness (QED) is 0.0989. The van der Waals surface area contributed by atoms with Gasteiger partial charge < -0.3 is 14.6 Å². The number of aryl methyl sites for hydroxylation is 1. The fourth-order valence-corrected chi connectivity index (χ4v) is 6.43. The number of aromatic nitrogens is 2. The summed E-state index contributed by atoms with van der Waals surface area (Å²) in [7, 11) is 1.59. The largest absolute Gasteiger partial charge is 0.497 e. The van der Waals surface area contributed by atoms with E-state index in [1.54, 1.807) is 48.8 Å². The number of benzene rings is 4. The van der Waals surface area contributed by atoms with Gasteiger partial charge in [-0.3, -0.25) is 4.79 Å². The van der Waals surface area contributed by atoms with Gasteiger partial charge in [-0.25, -0.2) is 4.98 Å². The summed E-state index contributed by atoms with van der Waals surface area (Å²) in [5, 5.41) is 15.9. The summed E-state index contributed by atoms with van der Waals surface area (Å²) in [6.07, 6.45) is 6.38. The maximum absolute atomic E-state index is 13.0. The molecule has 0 unspecified atom stereocenters. The maximum Gasteiger partial charge on any atom is 0.266 e. The molecular formula is C36H32N4O2S. The van der Waals surface area contributed by atoms with Crippen LogP contribution in [0.15, 0.2) is 90.5 Å². The molecule has 0 spiro atoms. The van der Waals surface area contributed by atoms with Gasteiger partial charge in [0.1, 0.15) is 22.4 Å². The lowest BCUT2D eigenvalue weighted by Crippen LogP contribution is -2.13. The van der Waals surface area contributed by atoms with E-state index in [1.165, 1.54) is 29.5 Å². The summed E-state index contributed by atoms with van der Waals surface area (Å²) in [5.74, 6) is 0.238. The van der Waals surface area contributed by atoms with Crippen LogP contribution in [0.25, 0.3) is 48.7 Å². The number of hydrogen-bond acceptors (Lipinski definition) is 5. The van der Waals surface area contributed by atoms with Gasteiger partial charge in [-0.2, -0.15) is 5.26 Å². The number of fused-ring (bicyclic) bond motifs is 4. The van der Waals surface area contributed by atoms with Gasteiger partial charge in [0.25, 0.3) is 5.91 Å². The van der Waals surface area contributed by atoms with E-state index in [-0.39, 0.29) is 5.57 Å². The SMILES string of the molecule is CCCCCCn1c2ccc(C=C(C#N)C(=O)Nc3ccc(OC)cc3)cc2c2cc(-c3nc4ccccc4s3)ccc21. The van der Waals surface area contributed by atoms with Crippen LogP contribution in [0.4, 0.5) is 5.69 Å². The Kier molecular flexibility index (Phi) is 8.21. The van der Waals surface area contributed by atoms with Gasteiger partial charge in [-0.05, 0) is 84.8 Å². The second kappa shape index (κ2) is 12.5. The third kappa shape index (κ3) is 5.88. The molecular weight excluding hydrogens is 552 g/mol. The number of unbranched alkanes of at least 4 members (excludes halogenated alkanes) is 3. The van der Waals surface area contributed by atoms with E-state index in [2.05, 4.69) is 59.3 Å². The Bertz CT molecular complexity index is 1980. The molecule has 4 aromatic carbocycles. The van der Waals surface area contributed by atoms with Crippen LogP contribution >= 0.6 is 11.3 Å². The number of nitriles is 1. The number of methoxy groups -OCH3 is 1. The molecule has 0 aliphatic carbocycles. The first-order valence-electron chi connectivity index (χ1n) is 14.6. The topological polar surface area (TPSA) is 79.9 Å². The average Bonchev–Trinajstić information content (AvgIpc) is 3.61. The smallest absolute Gasteiger partial charge is 0.266 e. The highest BCUT2D eigenvalue weighted by Gasteiger charge is 2.15. The minimum absolute atomic E-state index is 0.0358. The first-order valence-corrected chi connectivity index (χ1v) is 15.4. The molecule has 0 fully saturated rings. The van der Waals surface area contributed by atoms with E-state index in [9.17, 15) is 10.1 Å². The number of ether oxygens (including phenoxy) is 1. The molecule has 214 valence electrons. The zero-order chi connectivity index (χ0) is 29.8. The lowest BCUT2D eigenvalue weighted by Gasteiger charge is -2.08. The zero-order valence-corrected chi connectivity index (χ0v) is 25.1. The van der Waals surface area contributed by atoms with Crippen molar-refractivity contribution in [3.63, 3.8) is 0 Å². The van der Waals surface area contributed by atoms with Crippen LogP contribution in [0.3, 0.4) is 0 Å². The molecule has 2 aromatic heterocycles. The molecule has 6 nitrogen and oxygen atoms in total. The molecule has 1 N–H and O–H groups in total. The van der Waals surface area contributed by atoms with Crippen LogP contribution in [0.5, 0.6) is 5.75 Å². The van der Waals surface area contributed by atoms with Gasteiger partial charge >= 0.3 is 0 Å². The number of nitrogens with zero attached hydrogens (tertiary/aromatic N) is 3. The Morgan fingerprint density at radius 1 is 0.977 bits per heavy atom. The van der Waals surface area contributed by atoms with E-state index in [1.807, 2.05) is 24.3 Å². The van der Waals surface area contributed by atoms with Crippen molar-refractivity contribution in [3.8, 4) is 22.4 Å². The normalized spacial score (nSPS) is 11.7. The number of para-hydroxylation sites is 1. The highest BCUT2D eigenvalue weighted by atomic mass is 32.1. The van der Waals surface area contributed by atoms with E-state index in [0.29, 0.717) is 11.4 Å². The maximum atomic E-state index is 13.0. The third-order valence-corrected chi connectivity index (χ3v) is 8.77. The number of carbonyl (C=O) groups is 1. The molecule has 1 amide bonds. The molecule has 0 radical (unpaired) electrons. The number of rotatable bonds is 10. The van der Waals surface area contributed by atoms with Crippen LogP contribution in [0, 0.1) is 11.3 Å². The predicted molar refractivity (Wildman–Crippen MR) is 177 cm³/mol. The second-order valence-corrected chi connectivity index (χ2v) is 11.6. The van der Waals surface area contributed by atoms with Crippen LogP contribution < -0.4 is 10.1 Å². The minimum atomic E-state index is -0.454. The summed E-state index contributed by atoms with van der Waals surface area (Å²) in [6.45, 7) is 3.16. The lowest BCUT2D eigenvalue weighted by atomic mass is 10.1. The molecule has 0 aliphatic heterocycles. The van der Waals surface area contributed by atoms with E-state index >= 15 is 0 Å². The minimum Gasteiger partial charge on any atom is -0.497 e. The summed E-state index contributed by atoms with van der Waals surface area (Å²) >= 11 is 1.70. The molecule has 7 heteroatoms. The summed E-state index contributed by atoms with van der Waals surface area (Å²) in [5.41, 5.74) is 5.83. The predicted octanol–water partition coefficient (Wildman–Crippen LogP) is 9.21. The van der Waals surface area contributed by atoms with Crippen molar-refractivity contribution in [2.24, 2.45) is 0 Å². The van der Waals surface area contributed by atoms with Crippen LogP contribution in [0.1, 0.15) is 38.2 Å². The number of nitrogens with one attached hydrogen (secondary N) is 1. The first-order chi connectivity index (χ1) is 21.1. The Hall–Kier alpha value is -4.93. The third-order valence-electron chi connectivity index (χ3n) is 7.69. The lowest BCUT2D eigenvalue weighted by molar-refractivity contribution is -0.112. The van der Waals surface area contributed by atoms with Crippen molar-refractivity contribution in [1.82, 2.24) is 9.55 Å². The summed E-state index contributed by atoms with van der Waals surface area (Å²) in [4.78, 5) is 17.9. The highest BCUT2D eigenvalue weighted by molar-refractivity contribution is 7.21. The Balaban J connectivity index is 1.39. The van der Waals surface area contributed by atoms with E-state index in [0.717, 1.165) is 50.9 Å². The van der Waals surface area contributed by atoms with Crippen LogP contribution in [-0.4, -0.2) is 22.6 Å². The number of anilines is 1. The van der Waals surface area contributed by atoms with Crippen molar-refractivity contribution in [1.29, 1.82) is 5.26 Å². The molecule has 43 heavy (non-hydrogen) atoms. The molecule has 6 rings (SSSR count). The summed E-state index contributed by atoms with van der Waals surface area (Å²) in [6, 6.07) is 30.1. The molecule has 0 bridgehead atoms. The van der Waals surface area contributed by atoms with Crippen LogP contribution in [-0.2, 0) is 11.3 Å². The van der Waals surface area contributed by atoms with Gasteiger partial charge in [-0.15, -0.1) is 11.3 Å². The Labute approximate surface area is 254 Å². The fraction of sp³-hybridized carbons (Fsp3) is 0.194. The Morgan fingerprint density at radius 3 is 2.49 bits per heavy atom. The van der Waals surface area contributed by atoms with Gasteiger partial charge in [0, 0.05) is 39.6 Å². The second-order valence-electron chi connectivity index (χ2n) is 10.6. The van der Waals surface area contributed by atoms with Gasteiger partial charge in [0.05, 0.1) is 17.3 Å². The van der Waals surface area contributed by atoms with Crippen molar-refractivity contribution < 1.29 is 9.53 Å².